The second-order valence-corrected chi connectivity index (χ2v) is 5.74. The maximum Gasteiger partial charge on any atom is 0.240 e. The number of aromatic nitrogens is 2. The Bertz CT molecular complexity index is 711. The zero-order chi connectivity index (χ0) is 14.8. The third-order valence-corrected chi connectivity index (χ3v) is 3.50. The number of nitrogens with one attached hydrogen (secondary N) is 1. The Balaban J connectivity index is 2.10. The molecule has 0 saturated carbocycles. The maximum absolute atomic E-state index is 11.5. The summed E-state index contributed by atoms with van der Waals surface area (Å²) in [7, 11) is -3.84. The fourth-order valence-electron chi connectivity index (χ4n) is 1.67. The zero-order valence-corrected chi connectivity index (χ0v) is 11.6. The average molecular weight is 297 g/mol. The lowest BCUT2D eigenvalue weighted by molar-refractivity contribution is 0.387. The molecule has 1 aromatic carbocycles. The Morgan fingerprint density at radius 1 is 1.40 bits per heavy atom. The van der Waals surface area contributed by atoms with Gasteiger partial charge in [0.2, 0.25) is 15.9 Å². The van der Waals surface area contributed by atoms with Gasteiger partial charge in [0.1, 0.15) is 4.90 Å². The van der Waals surface area contributed by atoms with Gasteiger partial charge in [-0.25, -0.2) is 13.6 Å². The normalized spacial score (nSPS) is 11.5. The van der Waals surface area contributed by atoms with Gasteiger partial charge in [-0.05, 0) is 18.2 Å². The Morgan fingerprint density at radius 2 is 2.15 bits per heavy atom. The number of rotatable bonds is 5. The van der Waals surface area contributed by atoms with Crippen LogP contribution in [0.15, 0.2) is 27.6 Å². The van der Waals surface area contributed by atoms with Gasteiger partial charge in [0.05, 0.1) is 5.69 Å². The minimum atomic E-state index is -3.84. The number of primary sulfonamides is 1. The van der Waals surface area contributed by atoms with Crippen LogP contribution in [0.4, 0.5) is 11.4 Å². The molecule has 0 spiro atoms. The summed E-state index contributed by atoms with van der Waals surface area (Å²) in [6.45, 7) is 2.13. The lowest BCUT2D eigenvalue weighted by Gasteiger charge is -2.10. The second kappa shape index (κ2) is 5.47. The molecule has 2 aromatic rings. The van der Waals surface area contributed by atoms with Crippen molar-refractivity contribution in [1.29, 1.82) is 0 Å². The number of sulfonamides is 1. The number of hydrogen-bond acceptors (Lipinski definition) is 7. The van der Waals surface area contributed by atoms with Crippen molar-refractivity contribution in [1.82, 2.24) is 10.1 Å². The van der Waals surface area contributed by atoms with E-state index in [1.807, 2.05) is 0 Å². The van der Waals surface area contributed by atoms with Crippen molar-refractivity contribution in [2.24, 2.45) is 5.14 Å². The molecular formula is C11H15N5O3S. The smallest absolute Gasteiger partial charge is 0.240 e. The third kappa shape index (κ3) is 3.45. The first-order valence-corrected chi connectivity index (χ1v) is 7.36. The molecular weight excluding hydrogens is 282 g/mol. The van der Waals surface area contributed by atoms with E-state index in [9.17, 15) is 8.42 Å². The van der Waals surface area contributed by atoms with Crippen molar-refractivity contribution in [2.75, 3.05) is 17.6 Å². The molecule has 0 aliphatic heterocycles. The molecule has 0 radical (unpaired) electrons. The predicted molar refractivity (Wildman–Crippen MR) is 73.5 cm³/mol. The summed E-state index contributed by atoms with van der Waals surface area (Å²) in [4.78, 5) is 4.01. The molecule has 108 valence electrons. The number of anilines is 2. The lowest BCUT2D eigenvalue weighted by atomic mass is 10.2. The predicted octanol–water partition coefficient (Wildman–Crippen LogP) is 0.262. The number of hydrogen-bond donors (Lipinski definition) is 3. The highest BCUT2D eigenvalue weighted by atomic mass is 32.2. The van der Waals surface area contributed by atoms with Crippen LogP contribution in [-0.2, 0) is 16.4 Å². The summed E-state index contributed by atoms with van der Waals surface area (Å²) in [5.41, 5.74) is 6.28. The van der Waals surface area contributed by atoms with Gasteiger partial charge in [0, 0.05) is 25.6 Å². The summed E-state index contributed by atoms with van der Waals surface area (Å²) in [6, 6.07) is 4.47. The fourth-order valence-corrected chi connectivity index (χ4v) is 2.42. The average Bonchev–Trinajstić information content (AvgIpc) is 2.76. The molecule has 0 unspecified atom stereocenters. The Morgan fingerprint density at radius 3 is 2.75 bits per heavy atom. The third-order valence-electron chi connectivity index (χ3n) is 2.55. The molecule has 9 heteroatoms. The van der Waals surface area contributed by atoms with Crippen LogP contribution in [0.3, 0.4) is 0 Å². The van der Waals surface area contributed by atoms with Gasteiger partial charge in [-0.1, -0.05) is 5.16 Å². The highest BCUT2D eigenvalue weighted by molar-refractivity contribution is 7.89. The van der Waals surface area contributed by atoms with E-state index in [0.29, 0.717) is 36.1 Å². The standard InChI is InChI=1S/C11H15N5O3S/c1-7-15-11(16-19-7)4-5-14-9-3-2-8(12)6-10(9)20(13,17)18/h2-3,6,14H,4-5,12H2,1H3,(H2,13,17,18). The molecule has 0 amide bonds. The summed E-state index contributed by atoms with van der Waals surface area (Å²) in [5.74, 6) is 1.03. The topological polar surface area (TPSA) is 137 Å². The van der Waals surface area contributed by atoms with Crippen molar-refractivity contribution in [3.63, 3.8) is 0 Å². The summed E-state index contributed by atoms with van der Waals surface area (Å²) >= 11 is 0. The van der Waals surface area contributed by atoms with Gasteiger partial charge in [0.15, 0.2) is 5.82 Å². The van der Waals surface area contributed by atoms with E-state index in [4.69, 9.17) is 15.4 Å². The number of benzene rings is 1. The molecule has 2 rings (SSSR count). The molecule has 0 aliphatic carbocycles. The van der Waals surface area contributed by atoms with E-state index in [-0.39, 0.29) is 4.90 Å². The van der Waals surface area contributed by atoms with E-state index >= 15 is 0 Å². The Hall–Kier alpha value is -2.13. The molecule has 20 heavy (non-hydrogen) atoms. The van der Waals surface area contributed by atoms with Crippen LogP contribution in [0.1, 0.15) is 11.7 Å². The Labute approximate surface area is 116 Å². The maximum atomic E-state index is 11.5. The molecule has 0 bridgehead atoms. The van der Waals surface area contributed by atoms with Crippen molar-refractivity contribution in [2.45, 2.75) is 18.2 Å². The number of nitrogens with two attached hydrogens (primary N) is 2. The van der Waals surface area contributed by atoms with Gasteiger partial charge >= 0.3 is 0 Å². The summed E-state index contributed by atoms with van der Waals surface area (Å²) in [6.07, 6.45) is 0.492. The van der Waals surface area contributed by atoms with Crippen molar-refractivity contribution >= 4 is 21.4 Å². The zero-order valence-electron chi connectivity index (χ0n) is 10.8. The van der Waals surface area contributed by atoms with E-state index in [1.54, 1.807) is 19.1 Å². The van der Waals surface area contributed by atoms with Crippen LogP contribution in [0, 0.1) is 6.92 Å². The molecule has 1 heterocycles. The first kappa shape index (κ1) is 14.3. The van der Waals surface area contributed by atoms with Gasteiger partial charge in [-0.2, -0.15) is 4.98 Å². The minimum absolute atomic E-state index is 0.0400. The van der Waals surface area contributed by atoms with Gasteiger partial charge in [-0.15, -0.1) is 0 Å². The van der Waals surface area contributed by atoms with E-state index in [0.717, 1.165) is 0 Å². The van der Waals surface area contributed by atoms with Crippen LogP contribution in [0.2, 0.25) is 0 Å². The minimum Gasteiger partial charge on any atom is -0.399 e. The SMILES string of the molecule is Cc1nc(CCNc2ccc(N)cc2S(N)(=O)=O)no1. The van der Waals surface area contributed by atoms with Crippen LogP contribution in [0.5, 0.6) is 0 Å². The molecule has 0 aliphatic rings. The molecule has 8 nitrogen and oxygen atoms in total. The highest BCUT2D eigenvalue weighted by Crippen LogP contribution is 2.22. The fraction of sp³-hybridized carbons (Fsp3) is 0.273. The lowest BCUT2D eigenvalue weighted by Crippen LogP contribution is -2.16. The quantitative estimate of drug-likeness (QED) is 0.673. The number of aryl methyl sites for hydroxylation is 1. The monoisotopic (exact) mass is 297 g/mol. The van der Waals surface area contributed by atoms with Crippen molar-refractivity contribution in [3.8, 4) is 0 Å². The molecule has 0 saturated heterocycles. The first-order valence-electron chi connectivity index (χ1n) is 5.81. The van der Waals surface area contributed by atoms with Crippen LogP contribution >= 0.6 is 0 Å². The van der Waals surface area contributed by atoms with Crippen molar-refractivity contribution < 1.29 is 12.9 Å². The largest absolute Gasteiger partial charge is 0.399 e. The van der Waals surface area contributed by atoms with Crippen molar-refractivity contribution in [3.05, 3.63) is 29.9 Å². The van der Waals surface area contributed by atoms with Crippen LogP contribution in [-0.4, -0.2) is 25.1 Å². The van der Waals surface area contributed by atoms with Gasteiger partial charge in [-0.3, -0.25) is 0 Å². The van der Waals surface area contributed by atoms with Gasteiger partial charge < -0.3 is 15.6 Å². The molecule has 1 aromatic heterocycles. The second-order valence-electron chi connectivity index (χ2n) is 4.21. The van der Waals surface area contributed by atoms with E-state index in [1.165, 1.54) is 6.07 Å². The van der Waals surface area contributed by atoms with E-state index < -0.39 is 10.0 Å². The van der Waals surface area contributed by atoms with E-state index in [2.05, 4.69) is 15.5 Å². The Kier molecular flexibility index (Phi) is 3.91. The van der Waals surface area contributed by atoms with Crippen LogP contribution < -0.4 is 16.2 Å². The molecule has 0 fully saturated rings. The first-order chi connectivity index (χ1) is 9.36. The van der Waals surface area contributed by atoms with Crippen LogP contribution in [0.25, 0.3) is 0 Å². The highest BCUT2D eigenvalue weighted by Gasteiger charge is 2.14. The summed E-state index contributed by atoms with van der Waals surface area (Å²) in [5, 5.41) is 11.9. The number of nitrogen functional groups attached to an aromatic ring is 1. The molecule has 5 N–H and O–H groups in total. The number of nitrogens with zero attached hydrogens (tertiary/aromatic N) is 2. The van der Waals surface area contributed by atoms with Gasteiger partial charge in [0.25, 0.3) is 0 Å². The molecule has 0 atom stereocenters. The summed E-state index contributed by atoms with van der Waals surface area (Å²) < 4.78 is 27.8.